The van der Waals surface area contributed by atoms with Gasteiger partial charge < -0.3 is 9.88 Å². The number of rotatable bonds is 5. The Hall–Kier alpha value is -6.60. The van der Waals surface area contributed by atoms with Gasteiger partial charge in [-0.15, -0.1) is 22.7 Å². The van der Waals surface area contributed by atoms with E-state index in [1.165, 1.54) is 78.6 Å². The molecule has 0 saturated heterocycles. The summed E-state index contributed by atoms with van der Waals surface area (Å²) in [4.78, 5) is 10.2. The number of aliphatic imine (C=N–C) groups is 2. The Labute approximate surface area is 336 Å². The third-order valence-corrected chi connectivity index (χ3v) is 14.0. The van der Waals surface area contributed by atoms with Crippen molar-refractivity contribution >= 4 is 98.6 Å². The van der Waals surface area contributed by atoms with Crippen molar-refractivity contribution in [1.82, 2.24) is 9.88 Å². The lowest BCUT2D eigenvalue weighted by Gasteiger charge is -2.27. The second-order valence-electron chi connectivity index (χ2n) is 14.9. The van der Waals surface area contributed by atoms with E-state index in [0.717, 1.165) is 29.2 Å². The molecular formula is C51H34N4S2. The lowest BCUT2D eigenvalue weighted by molar-refractivity contribution is 0.650. The molecule has 7 aromatic carbocycles. The minimum absolute atomic E-state index is 0.106. The van der Waals surface area contributed by atoms with E-state index < -0.39 is 0 Å². The van der Waals surface area contributed by atoms with E-state index in [4.69, 9.17) is 9.98 Å². The Morgan fingerprint density at radius 3 is 2.09 bits per heavy atom. The maximum absolute atomic E-state index is 5.17. The van der Waals surface area contributed by atoms with Crippen molar-refractivity contribution in [3.8, 4) is 16.8 Å². The molecule has 2 aliphatic rings. The van der Waals surface area contributed by atoms with E-state index in [0.29, 0.717) is 0 Å². The van der Waals surface area contributed by atoms with Crippen LogP contribution in [0.4, 0.5) is 0 Å². The largest absolute Gasteiger partial charge is 0.348 e. The topological polar surface area (TPSA) is 41.7 Å². The van der Waals surface area contributed by atoms with Crippen LogP contribution in [-0.2, 0) is 0 Å². The van der Waals surface area contributed by atoms with Gasteiger partial charge in [0.25, 0.3) is 0 Å². The molecule has 0 fully saturated rings. The highest BCUT2D eigenvalue weighted by atomic mass is 32.1. The van der Waals surface area contributed by atoms with Crippen LogP contribution in [0.15, 0.2) is 174 Å². The highest BCUT2D eigenvalue weighted by Gasteiger charge is 2.26. The van der Waals surface area contributed by atoms with Gasteiger partial charge in [0.1, 0.15) is 12.0 Å². The Morgan fingerprint density at radius 2 is 1.28 bits per heavy atom. The van der Waals surface area contributed by atoms with Crippen molar-refractivity contribution in [2.45, 2.75) is 12.6 Å². The molecular weight excluding hydrogens is 733 g/mol. The number of nitrogens with one attached hydrogen (secondary N) is 1. The minimum Gasteiger partial charge on any atom is -0.348 e. The second kappa shape index (κ2) is 13.0. The van der Waals surface area contributed by atoms with Gasteiger partial charge in [-0.2, -0.15) is 0 Å². The SMILES string of the molecule is C1=c2sc3ccc(-c4cccc5c4sc4ccc(-n6c7ccccc7c7ccccc76)cc45)cc3c2=CC(C2=NC(c3ccccc3)=NC(c3ccccc3)N2)C1. The summed E-state index contributed by atoms with van der Waals surface area (Å²) in [6.45, 7) is 0. The molecule has 270 valence electrons. The fourth-order valence-corrected chi connectivity index (χ4v) is 11.2. The summed E-state index contributed by atoms with van der Waals surface area (Å²) in [6.07, 6.45) is 5.53. The summed E-state index contributed by atoms with van der Waals surface area (Å²) in [5.41, 5.74) is 8.33. The monoisotopic (exact) mass is 766 g/mol. The first-order valence-electron chi connectivity index (χ1n) is 19.5. The summed E-state index contributed by atoms with van der Waals surface area (Å²) in [7, 11) is 0. The Balaban J connectivity index is 0.955. The normalized spacial score (nSPS) is 16.6. The van der Waals surface area contributed by atoms with E-state index >= 15 is 0 Å². The van der Waals surface area contributed by atoms with Gasteiger partial charge in [0.15, 0.2) is 5.84 Å². The standard InChI is InChI=1S/C51H34N4S2/c1-3-12-31(13-4-1)49-52-50(32-14-5-2-6-15-32)54-51(53-49)34-23-26-46-41(29-34)40-28-33(22-25-45(40)56-46)36-18-11-19-39-42-30-35(24-27-47(42)57-48(36)39)55-43-20-9-7-16-37(43)38-17-8-10-21-44(38)55/h1-22,24-30,34,49H,23H2,(H,52,53,54). The molecule has 1 aliphatic carbocycles. The first-order chi connectivity index (χ1) is 28.2. The molecule has 0 radical (unpaired) electrons. The van der Waals surface area contributed by atoms with E-state index in [1.54, 1.807) is 0 Å². The fourth-order valence-electron chi connectivity index (χ4n) is 8.85. The first kappa shape index (κ1) is 32.6. The van der Waals surface area contributed by atoms with Crippen molar-refractivity contribution < 1.29 is 0 Å². The number of thiophene rings is 2. The van der Waals surface area contributed by atoms with Crippen LogP contribution in [0.25, 0.3) is 81.0 Å². The van der Waals surface area contributed by atoms with Gasteiger partial charge in [0.05, 0.1) is 11.0 Å². The zero-order valence-electron chi connectivity index (χ0n) is 30.8. The molecule has 0 amide bonds. The van der Waals surface area contributed by atoms with Crippen LogP contribution in [0.5, 0.6) is 0 Å². The zero-order valence-corrected chi connectivity index (χ0v) is 32.4. The Morgan fingerprint density at radius 1 is 0.579 bits per heavy atom. The summed E-state index contributed by atoms with van der Waals surface area (Å²) in [5.74, 6) is 1.84. The van der Waals surface area contributed by atoms with E-state index in [9.17, 15) is 0 Å². The van der Waals surface area contributed by atoms with Crippen LogP contribution in [0.2, 0.25) is 0 Å². The van der Waals surface area contributed by atoms with Gasteiger partial charge in [0, 0.05) is 62.7 Å². The fraction of sp³-hybridized carbons (Fsp3) is 0.0588. The number of para-hydroxylation sites is 2. The highest BCUT2D eigenvalue weighted by Crippen LogP contribution is 2.42. The highest BCUT2D eigenvalue weighted by molar-refractivity contribution is 7.26. The number of hydrogen-bond donors (Lipinski definition) is 1. The molecule has 1 N–H and O–H groups in total. The minimum atomic E-state index is -0.200. The summed E-state index contributed by atoms with van der Waals surface area (Å²) in [6, 6.07) is 59.1. The Kier molecular flexibility index (Phi) is 7.43. The Bertz CT molecular complexity index is 3370. The molecule has 2 atom stereocenters. The maximum Gasteiger partial charge on any atom is 0.159 e. The van der Waals surface area contributed by atoms with E-state index in [2.05, 4.69) is 180 Å². The molecule has 12 rings (SSSR count). The molecule has 1 aliphatic heterocycles. The van der Waals surface area contributed by atoms with Gasteiger partial charge >= 0.3 is 0 Å². The van der Waals surface area contributed by atoms with Crippen molar-refractivity contribution in [3.63, 3.8) is 0 Å². The molecule has 4 heterocycles. The molecule has 3 aromatic heterocycles. The number of hydrogen-bond acceptors (Lipinski definition) is 5. The summed E-state index contributed by atoms with van der Waals surface area (Å²) < 4.78 is 7.68. The smallest absolute Gasteiger partial charge is 0.159 e. The first-order valence-corrected chi connectivity index (χ1v) is 21.1. The molecule has 2 unspecified atom stereocenters. The predicted octanol–water partition coefficient (Wildman–Crippen LogP) is 11.8. The average molecular weight is 767 g/mol. The molecule has 57 heavy (non-hydrogen) atoms. The quantitative estimate of drug-likeness (QED) is 0.186. The number of aromatic nitrogens is 1. The van der Waals surface area contributed by atoms with E-state index in [-0.39, 0.29) is 12.1 Å². The maximum atomic E-state index is 5.17. The molecule has 10 aromatic rings. The lowest BCUT2D eigenvalue weighted by atomic mass is 9.95. The van der Waals surface area contributed by atoms with Gasteiger partial charge in [-0.25, -0.2) is 9.98 Å². The van der Waals surface area contributed by atoms with Gasteiger partial charge in [-0.1, -0.05) is 133 Å². The molecule has 0 bridgehead atoms. The third-order valence-electron chi connectivity index (χ3n) is 11.6. The average Bonchev–Trinajstić information content (AvgIpc) is 3.95. The summed E-state index contributed by atoms with van der Waals surface area (Å²) in [5, 5.41) is 11.5. The number of nitrogens with zero attached hydrogens (tertiary/aromatic N) is 3. The van der Waals surface area contributed by atoms with Crippen LogP contribution in [0, 0.1) is 5.92 Å². The van der Waals surface area contributed by atoms with Crippen LogP contribution < -0.4 is 15.1 Å². The lowest BCUT2D eigenvalue weighted by Crippen LogP contribution is -2.39. The number of amidine groups is 2. The van der Waals surface area contributed by atoms with Crippen molar-refractivity contribution in [2.24, 2.45) is 15.9 Å². The third kappa shape index (κ3) is 5.32. The zero-order chi connectivity index (χ0) is 37.5. The van der Waals surface area contributed by atoms with Crippen LogP contribution in [0.1, 0.15) is 23.7 Å². The van der Waals surface area contributed by atoms with Crippen LogP contribution >= 0.6 is 22.7 Å². The van der Waals surface area contributed by atoms with Crippen LogP contribution in [0.3, 0.4) is 0 Å². The van der Waals surface area contributed by atoms with Gasteiger partial charge in [-0.05, 0) is 70.8 Å². The van der Waals surface area contributed by atoms with Crippen molar-refractivity contribution in [2.75, 3.05) is 0 Å². The predicted molar refractivity (Wildman–Crippen MR) is 244 cm³/mol. The van der Waals surface area contributed by atoms with Crippen LogP contribution in [-0.4, -0.2) is 16.2 Å². The van der Waals surface area contributed by atoms with E-state index in [1.807, 2.05) is 28.7 Å². The second-order valence-corrected chi connectivity index (χ2v) is 17.0. The molecule has 0 spiro atoms. The van der Waals surface area contributed by atoms with Gasteiger partial charge in [-0.3, -0.25) is 0 Å². The molecule has 0 saturated carbocycles. The van der Waals surface area contributed by atoms with Crippen molar-refractivity contribution in [1.29, 1.82) is 0 Å². The number of benzene rings is 7. The van der Waals surface area contributed by atoms with Crippen molar-refractivity contribution in [3.05, 3.63) is 185 Å². The molecule has 6 heteroatoms. The summed E-state index contributed by atoms with van der Waals surface area (Å²) >= 11 is 3.78. The molecule has 4 nitrogen and oxygen atoms in total. The van der Waals surface area contributed by atoms with Gasteiger partial charge in [0.2, 0.25) is 0 Å². The number of fused-ring (bicyclic) bond motifs is 9.